The summed E-state index contributed by atoms with van der Waals surface area (Å²) in [6.45, 7) is 6.07. The van der Waals surface area contributed by atoms with E-state index in [4.69, 9.17) is 0 Å². The molecule has 0 fully saturated rings. The molecule has 2 heterocycles. The average molecular weight is 228 g/mol. The molecule has 88 valence electrons. The lowest BCUT2D eigenvalue weighted by molar-refractivity contribution is 0.618. The predicted octanol–water partition coefficient (Wildman–Crippen LogP) is 1.53. The van der Waals surface area contributed by atoms with Gasteiger partial charge in [-0.3, -0.25) is 0 Å². The van der Waals surface area contributed by atoms with Crippen molar-refractivity contribution in [2.45, 2.75) is 26.8 Å². The first-order valence-electron chi connectivity index (χ1n) is 5.97. The van der Waals surface area contributed by atoms with Crippen LogP contribution in [-0.2, 0) is 13.0 Å². The fourth-order valence-corrected chi connectivity index (χ4v) is 2.37. The molecular formula is C13H16N4. The monoisotopic (exact) mass is 228 g/mol. The molecule has 0 bridgehead atoms. The van der Waals surface area contributed by atoms with Crippen molar-refractivity contribution in [1.82, 2.24) is 20.3 Å². The van der Waals surface area contributed by atoms with Crippen molar-refractivity contribution in [3.8, 4) is 5.69 Å². The van der Waals surface area contributed by atoms with Crippen molar-refractivity contribution < 1.29 is 0 Å². The van der Waals surface area contributed by atoms with Gasteiger partial charge in [-0.2, -0.15) is 0 Å². The number of aromatic nitrogens is 3. The summed E-state index contributed by atoms with van der Waals surface area (Å²) in [4.78, 5) is 0. The summed E-state index contributed by atoms with van der Waals surface area (Å²) < 4.78 is 1.99. The van der Waals surface area contributed by atoms with Crippen LogP contribution in [0.25, 0.3) is 5.69 Å². The fraction of sp³-hybridized carbons (Fsp3) is 0.385. The minimum Gasteiger partial charge on any atom is -0.311 e. The van der Waals surface area contributed by atoms with Crippen LogP contribution in [-0.4, -0.2) is 21.5 Å². The molecule has 17 heavy (non-hydrogen) atoms. The van der Waals surface area contributed by atoms with Gasteiger partial charge in [0.2, 0.25) is 0 Å². The highest BCUT2D eigenvalue weighted by Crippen LogP contribution is 2.19. The molecule has 0 saturated carbocycles. The molecule has 0 unspecified atom stereocenters. The van der Waals surface area contributed by atoms with Crippen LogP contribution in [0.3, 0.4) is 0 Å². The Morgan fingerprint density at radius 3 is 3.00 bits per heavy atom. The molecule has 1 aromatic carbocycles. The van der Waals surface area contributed by atoms with Crippen molar-refractivity contribution in [2.24, 2.45) is 0 Å². The second-order valence-electron chi connectivity index (χ2n) is 4.61. The van der Waals surface area contributed by atoms with Crippen LogP contribution in [0.15, 0.2) is 18.2 Å². The van der Waals surface area contributed by atoms with Gasteiger partial charge in [-0.1, -0.05) is 22.9 Å². The summed E-state index contributed by atoms with van der Waals surface area (Å²) >= 11 is 0. The van der Waals surface area contributed by atoms with Crippen LogP contribution in [0.2, 0.25) is 0 Å². The van der Waals surface area contributed by atoms with Crippen LogP contribution in [0, 0.1) is 13.8 Å². The Morgan fingerprint density at radius 2 is 2.18 bits per heavy atom. The van der Waals surface area contributed by atoms with Gasteiger partial charge in [0.1, 0.15) is 5.69 Å². The highest BCUT2D eigenvalue weighted by molar-refractivity contribution is 5.43. The summed E-state index contributed by atoms with van der Waals surface area (Å²) in [5.41, 5.74) is 6.00. The normalized spacial score (nSPS) is 14.7. The molecule has 4 heteroatoms. The highest BCUT2D eigenvalue weighted by Gasteiger charge is 2.17. The largest absolute Gasteiger partial charge is 0.311 e. The molecule has 0 saturated heterocycles. The van der Waals surface area contributed by atoms with E-state index in [1.54, 1.807) is 0 Å². The SMILES string of the molecule is Cc1ccc(-n2nnc3c2CCNC3)c(C)c1. The van der Waals surface area contributed by atoms with E-state index in [1.165, 1.54) is 16.8 Å². The van der Waals surface area contributed by atoms with Gasteiger partial charge >= 0.3 is 0 Å². The summed E-state index contributed by atoms with van der Waals surface area (Å²) in [6.07, 6.45) is 0.996. The first-order chi connectivity index (χ1) is 8.25. The Bertz CT molecular complexity index is 557. The standard InChI is InChI=1S/C13H16N4/c1-9-3-4-12(10(2)7-9)17-13-5-6-14-8-11(13)15-16-17/h3-4,7,14H,5-6,8H2,1-2H3. The Kier molecular flexibility index (Phi) is 2.44. The molecule has 1 aliphatic rings. The van der Waals surface area contributed by atoms with Crippen molar-refractivity contribution in [1.29, 1.82) is 0 Å². The van der Waals surface area contributed by atoms with E-state index >= 15 is 0 Å². The van der Waals surface area contributed by atoms with Crippen LogP contribution >= 0.6 is 0 Å². The smallest absolute Gasteiger partial charge is 0.100 e. The van der Waals surface area contributed by atoms with E-state index < -0.39 is 0 Å². The molecule has 1 aromatic heterocycles. The average Bonchev–Trinajstić information content (AvgIpc) is 2.73. The predicted molar refractivity (Wildman–Crippen MR) is 66.2 cm³/mol. The van der Waals surface area contributed by atoms with Crippen molar-refractivity contribution in [2.75, 3.05) is 6.54 Å². The van der Waals surface area contributed by atoms with Gasteiger partial charge in [0.25, 0.3) is 0 Å². The molecule has 0 amide bonds. The lowest BCUT2D eigenvalue weighted by Gasteiger charge is -2.14. The summed E-state index contributed by atoms with van der Waals surface area (Å²) in [6, 6.07) is 6.43. The molecule has 2 aromatic rings. The number of rotatable bonds is 1. The van der Waals surface area contributed by atoms with E-state index in [0.29, 0.717) is 0 Å². The van der Waals surface area contributed by atoms with Gasteiger partial charge in [0.15, 0.2) is 0 Å². The van der Waals surface area contributed by atoms with Gasteiger partial charge in [-0.05, 0) is 25.5 Å². The van der Waals surface area contributed by atoms with E-state index in [1.807, 2.05) is 4.68 Å². The third-order valence-corrected chi connectivity index (χ3v) is 3.26. The van der Waals surface area contributed by atoms with Crippen LogP contribution < -0.4 is 5.32 Å². The van der Waals surface area contributed by atoms with Gasteiger partial charge in [0.05, 0.1) is 11.4 Å². The third-order valence-electron chi connectivity index (χ3n) is 3.26. The van der Waals surface area contributed by atoms with Crippen LogP contribution in [0.5, 0.6) is 0 Å². The Labute approximate surface area is 101 Å². The number of nitrogens with one attached hydrogen (secondary N) is 1. The Balaban J connectivity index is 2.12. The molecule has 1 aliphatic heterocycles. The molecular weight excluding hydrogens is 212 g/mol. The van der Waals surface area contributed by atoms with Crippen molar-refractivity contribution >= 4 is 0 Å². The molecule has 0 atom stereocenters. The summed E-state index contributed by atoms with van der Waals surface area (Å²) in [7, 11) is 0. The maximum Gasteiger partial charge on any atom is 0.100 e. The number of nitrogens with zero attached hydrogens (tertiary/aromatic N) is 3. The second kappa shape index (κ2) is 3.96. The van der Waals surface area contributed by atoms with E-state index in [-0.39, 0.29) is 0 Å². The zero-order chi connectivity index (χ0) is 11.8. The number of fused-ring (bicyclic) bond motifs is 1. The maximum atomic E-state index is 4.29. The minimum atomic E-state index is 0.834. The van der Waals surface area contributed by atoms with Gasteiger partial charge in [-0.15, -0.1) is 5.10 Å². The topological polar surface area (TPSA) is 42.7 Å². The van der Waals surface area contributed by atoms with Crippen molar-refractivity contribution in [3.05, 3.63) is 40.7 Å². The zero-order valence-corrected chi connectivity index (χ0v) is 10.2. The number of benzene rings is 1. The third kappa shape index (κ3) is 1.74. The first-order valence-corrected chi connectivity index (χ1v) is 5.97. The van der Waals surface area contributed by atoms with Crippen LogP contribution in [0.4, 0.5) is 0 Å². The zero-order valence-electron chi connectivity index (χ0n) is 10.2. The molecule has 0 radical (unpaired) electrons. The molecule has 4 nitrogen and oxygen atoms in total. The molecule has 3 rings (SSSR count). The first kappa shape index (κ1) is 10.5. The molecule has 0 spiro atoms. The maximum absolute atomic E-state index is 4.29. The Hall–Kier alpha value is -1.68. The number of hydrogen-bond acceptors (Lipinski definition) is 3. The van der Waals surface area contributed by atoms with E-state index in [9.17, 15) is 0 Å². The number of hydrogen-bond donors (Lipinski definition) is 1. The summed E-state index contributed by atoms with van der Waals surface area (Å²) in [5.74, 6) is 0. The fourth-order valence-electron chi connectivity index (χ4n) is 2.37. The lowest BCUT2D eigenvalue weighted by Crippen LogP contribution is -2.24. The van der Waals surface area contributed by atoms with E-state index in [2.05, 4.69) is 47.7 Å². The number of aryl methyl sites for hydroxylation is 2. The second-order valence-corrected chi connectivity index (χ2v) is 4.61. The summed E-state index contributed by atoms with van der Waals surface area (Å²) in [5, 5.41) is 11.8. The van der Waals surface area contributed by atoms with Gasteiger partial charge < -0.3 is 5.32 Å². The van der Waals surface area contributed by atoms with Crippen LogP contribution in [0.1, 0.15) is 22.5 Å². The quantitative estimate of drug-likeness (QED) is 0.805. The lowest BCUT2D eigenvalue weighted by atomic mass is 10.1. The van der Waals surface area contributed by atoms with Gasteiger partial charge in [0, 0.05) is 19.5 Å². The Morgan fingerprint density at radius 1 is 1.29 bits per heavy atom. The minimum absolute atomic E-state index is 0.834. The van der Waals surface area contributed by atoms with Gasteiger partial charge in [-0.25, -0.2) is 4.68 Å². The molecule has 1 N–H and O–H groups in total. The van der Waals surface area contributed by atoms with E-state index in [0.717, 1.165) is 30.9 Å². The van der Waals surface area contributed by atoms with Crippen molar-refractivity contribution in [3.63, 3.8) is 0 Å². The highest BCUT2D eigenvalue weighted by atomic mass is 15.4. The molecule has 0 aliphatic carbocycles.